The van der Waals surface area contributed by atoms with Gasteiger partial charge < -0.3 is 4.74 Å². The standard InChI is InChI=1S/C6H5BrN2O2/c7-4-3-5(10)8-6-9(4)1-2-11-6/h3H,1-2H2. The van der Waals surface area contributed by atoms with Crippen molar-refractivity contribution in [1.82, 2.24) is 9.55 Å². The van der Waals surface area contributed by atoms with Crippen LogP contribution >= 0.6 is 15.9 Å². The van der Waals surface area contributed by atoms with E-state index >= 15 is 0 Å². The van der Waals surface area contributed by atoms with Gasteiger partial charge in [0.1, 0.15) is 6.61 Å². The number of hydrogen-bond acceptors (Lipinski definition) is 3. The summed E-state index contributed by atoms with van der Waals surface area (Å²) in [5.74, 6) is 0. The van der Waals surface area contributed by atoms with Gasteiger partial charge in [0.25, 0.3) is 5.56 Å². The Kier molecular flexibility index (Phi) is 1.45. The van der Waals surface area contributed by atoms with Crippen molar-refractivity contribution in [2.45, 2.75) is 6.54 Å². The summed E-state index contributed by atoms with van der Waals surface area (Å²) in [5.41, 5.74) is -0.273. The predicted octanol–water partition coefficient (Wildman–Crippen LogP) is 0.398. The fourth-order valence-corrected chi connectivity index (χ4v) is 1.52. The maximum Gasteiger partial charge on any atom is 0.300 e. The Bertz CT molecular complexity index is 347. The average molecular weight is 217 g/mol. The highest BCUT2D eigenvalue weighted by Gasteiger charge is 2.14. The summed E-state index contributed by atoms with van der Waals surface area (Å²) in [4.78, 5) is 14.5. The number of rotatable bonds is 0. The fourth-order valence-electron chi connectivity index (χ4n) is 0.999. The van der Waals surface area contributed by atoms with Gasteiger partial charge in [0.05, 0.1) is 11.1 Å². The number of fused-ring (bicyclic) bond motifs is 1. The summed E-state index contributed by atoms with van der Waals surface area (Å²) < 4.78 is 7.62. The van der Waals surface area contributed by atoms with Crippen molar-refractivity contribution in [1.29, 1.82) is 0 Å². The lowest BCUT2D eigenvalue weighted by atomic mass is 10.6. The number of ether oxygens (including phenoxy) is 1. The smallest absolute Gasteiger partial charge is 0.300 e. The number of hydrogen-bond donors (Lipinski definition) is 0. The van der Waals surface area contributed by atoms with E-state index in [1.807, 2.05) is 0 Å². The maximum atomic E-state index is 10.8. The van der Waals surface area contributed by atoms with Crippen LogP contribution in [0.15, 0.2) is 15.5 Å². The lowest BCUT2D eigenvalue weighted by Crippen LogP contribution is -2.09. The van der Waals surface area contributed by atoms with Gasteiger partial charge in [-0.05, 0) is 15.9 Å². The van der Waals surface area contributed by atoms with Gasteiger partial charge in [-0.3, -0.25) is 9.36 Å². The molecular formula is C6H5BrN2O2. The van der Waals surface area contributed by atoms with Crippen LogP contribution in [0.2, 0.25) is 0 Å². The maximum absolute atomic E-state index is 10.8. The van der Waals surface area contributed by atoms with Gasteiger partial charge in [-0.25, -0.2) is 0 Å². The van der Waals surface area contributed by atoms with E-state index in [1.165, 1.54) is 6.07 Å². The lowest BCUT2D eigenvalue weighted by molar-refractivity contribution is 0.343. The van der Waals surface area contributed by atoms with Crippen LogP contribution < -0.4 is 10.3 Å². The topological polar surface area (TPSA) is 44.1 Å². The van der Waals surface area contributed by atoms with Gasteiger partial charge in [-0.2, -0.15) is 4.98 Å². The third kappa shape index (κ3) is 1.05. The van der Waals surface area contributed by atoms with Gasteiger partial charge in [-0.1, -0.05) is 0 Å². The van der Waals surface area contributed by atoms with Crippen LogP contribution in [-0.4, -0.2) is 16.2 Å². The molecule has 0 aromatic carbocycles. The predicted molar refractivity (Wildman–Crippen MR) is 41.7 cm³/mol. The lowest BCUT2D eigenvalue weighted by Gasteiger charge is -2.00. The monoisotopic (exact) mass is 216 g/mol. The molecule has 1 aliphatic heterocycles. The van der Waals surface area contributed by atoms with Crippen molar-refractivity contribution in [3.8, 4) is 6.01 Å². The van der Waals surface area contributed by atoms with E-state index in [1.54, 1.807) is 4.57 Å². The first-order valence-electron chi connectivity index (χ1n) is 3.17. The van der Waals surface area contributed by atoms with Crippen molar-refractivity contribution in [2.75, 3.05) is 6.61 Å². The van der Waals surface area contributed by atoms with Crippen LogP contribution in [0.3, 0.4) is 0 Å². The minimum absolute atomic E-state index is 0.273. The Morgan fingerprint density at radius 2 is 2.55 bits per heavy atom. The summed E-state index contributed by atoms with van der Waals surface area (Å²) in [6, 6.07) is 1.84. The molecule has 4 nitrogen and oxygen atoms in total. The van der Waals surface area contributed by atoms with Gasteiger partial charge >= 0.3 is 6.01 Å². The SMILES string of the molecule is O=c1cc(Br)n2c(n1)OCC2. The zero-order valence-electron chi connectivity index (χ0n) is 5.58. The minimum atomic E-state index is -0.273. The summed E-state index contributed by atoms with van der Waals surface area (Å²) in [6.07, 6.45) is 0. The highest BCUT2D eigenvalue weighted by Crippen LogP contribution is 2.18. The summed E-state index contributed by atoms with van der Waals surface area (Å²) >= 11 is 3.24. The molecule has 1 aromatic heterocycles. The second-order valence-electron chi connectivity index (χ2n) is 2.20. The van der Waals surface area contributed by atoms with E-state index in [0.29, 0.717) is 12.6 Å². The molecule has 0 radical (unpaired) electrons. The first-order chi connectivity index (χ1) is 5.27. The molecule has 0 amide bonds. The van der Waals surface area contributed by atoms with Crippen LogP contribution in [0.25, 0.3) is 0 Å². The molecule has 11 heavy (non-hydrogen) atoms. The summed E-state index contributed by atoms with van der Waals surface area (Å²) in [7, 11) is 0. The molecule has 2 heterocycles. The Morgan fingerprint density at radius 1 is 1.73 bits per heavy atom. The zero-order chi connectivity index (χ0) is 7.84. The second kappa shape index (κ2) is 2.34. The van der Waals surface area contributed by atoms with Gasteiger partial charge in [0.2, 0.25) is 0 Å². The van der Waals surface area contributed by atoms with Gasteiger partial charge in [-0.15, -0.1) is 0 Å². The van der Waals surface area contributed by atoms with Crippen molar-refractivity contribution < 1.29 is 4.74 Å². The normalized spacial score (nSPS) is 14.3. The molecule has 1 aromatic rings. The van der Waals surface area contributed by atoms with Crippen molar-refractivity contribution >= 4 is 15.9 Å². The molecule has 0 N–H and O–H groups in total. The number of aromatic nitrogens is 2. The van der Waals surface area contributed by atoms with Crippen LogP contribution in [0.5, 0.6) is 6.01 Å². The van der Waals surface area contributed by atoms with Crippen LogP contribution in [0.4, 0.5) is 0 Å². The van der Waals surface area contributed by atoms with Crippen molar-refractivity contribution in [2.24, 2.45) is 0 Å². The molecule has 0 saturated heterocycles. The Balaban J connectivity index is 2.70. The molecule has 0 spiro atoms. The van der Waals surface area contributed by atoms with Crippen molar-refractivity contribution in [3.63, 3.8) is 0 Å². The second-order valence-corrected chi connectivity index (χ2v) is 3.01. The zero-order valence-corrected chi connectivity index (χ0v) is 7.17. The van der Waals surface area contributed by atoms with Gasteiger partial charge in [0, 0.05) is 6.07 Å². The summed E-state index contributed by atoms with van der Waals surface area (Å²) in [6.45, 7) is 1.35. The Hall–Kier alpha value is -0.840. The van der Waals surface area contributed by atoms with Gasteiger partial charge in [0.15, 0.2) is 0 Å². The highest BCUT2D eigenvalue weighted by molar-refractivity contribution is 9.10. The molecule has 0 fully saturated rings. The van der Waals surface area contributed by atoms with Crippen LogP contribution in [0, 0.1) is 0 Å². The third-order valence-electron chi connectivity index (χ3n) is 1.48. The fraction of sp³-hybridized carbons (Fsp3) is 0.333. The molecule has 0 bridgehead atoms. The van der Waals surface area contributed by atoms with Crippen LogP contribution in [0.1, 0.15) is 0 Å². The quantitative estimate of drug-likeness (QED) is 0.590. The first-order valence-corrected chi connectivity index (χ1v) is 3.97. The number of nitrogens with zero attached hydrogens (tertiary/aromatic N) is 2. The Morgan fingerprint density at radius 3 is 3.36 bits per heavy atom. The molecule has 2 rings (SSSR count). The molecule has 1 aliphatic rings. The minimum Gasteiger partial charge on any atom is -0.463 e. The van der Waals surface area contributed by atoms with E-state index in [2.05, 4.69) is 20.9 Å². The number of halogens is 1. The van der Waals surface area contributed by atoms with E-state index in [4.69, 9.17) is 4.74 Å². The molecule has 0 unspecified atom stereocenters. The van der Waals surface area contributed by atoms with E-state index in [-0.39, 0.29) is 5.56 Å². The molecule has 0 saturated carbocycles. The molecule has 0 aliphatic carbocycles. The molecule has 5 heteroatoms. The molecule has 0 atom stereocenters. The largest absolute Gasteiger partial charge is 0.463 e. The average Bonchev–Trinajstić information content (AvgIpc) is 2.34. The molecular weight excluding hydrogens is 212 g/mol. The first kappa shape index (κ1) is 6.84. The third-order valence-corrected chi connectivity index (χ3v) is 2.14. The van der Waals surface area contributed by atoms with E-state index in [9.17, 15) is 4.79 Å². The Labute approximate surface area is 70.9 Å². The van der Waals surface area contributed by atoms with E-state index < -0.39 is 0 Å². The summed E-state index contributed by atoms with van der Waals surface area (Å²) in [5, 5.41) is 0. The van der Waals surface area contributed by atoms with Crippen LogP contribution in [-0.2, 0) is 6.54 Å². The van der Waals surface area contributed by atoms with E-state index in [0.717, 1.165) is 11.1 Å². The highest BCUT2D eigenvalue weighted by atomic mass is 79.9. The van der Waals surface area contributed by atoms with Crippen molar-refractivity contribution in [3.05, 3.63) is 21.0 Å². The molecule has 58 valence electrons.